The van der Waals surface area contributed by atoms with Crippen LogP contribution >= 0.6 is 0 Å². The van der Waals surface area contributed by atoms with Crippen LogP contribution in [0.1, 0.15) is 31.9 Å². The summed E-state index contributed by atoms with van der Waals surface area (Å²) in [5.41, 5.74) is 2.16. The number of benzene rings is 2. The van der Waals surface area contributed by atoms with E-state index in [2.05, 4.69) is 0 Å². The summed E-state index contributed by atoms with van der Waals surface area (Å²) in [6.45, 7) is 7.62. The van der Waals surface area contributed by atoms with Crippen molar-refractivity contribution in [3.63, 3.8) is 0 Å². The molecule has 0 saturated heterocycles. The highest BCUT2D eigenvalue weighted by Crippen LogP contribution is 2.23. The molecule has 0 aliphatic heterocycles. The van der Waals surface area contributed by atoms with E-state index in [1.807, 2.05) is 75.4 Å². The molecular formula is C25H36O5. The summed E-state index contributed by atoms with van der Waals surface area (Å²) in [5.74, 6) is 0.364. The van der Waals surface area contributed by atoms with E-state index in [-0.39, 0.29) is 17.8 Å². The van der Waals surface area contributed by atoms with Crippen LogP contribution in [0.15, 0.2) is 54.6 Å². The lowest BCUT2D eigenvalue weighted by Gasteiger charge is -2.31. The lowest BCUT2D eigenvalue weighted by atomic mass is 9.85. The summed E-state index contributed by atoms with van der Waals surface area (Å²) in [7, 11) is 1.64. The zero-order chi connectivity index (χ0) is 21.9. The van der Waals surface area contributed by atoms with Gasteiger partial charge < -0.3 is 24.4 Å². The molecule has 0 saturated carbocycles. The van der Waals surface area contributed by atoms with Crippen LogP contribution in [0.25, 0.3) is 0 Å². The summed E-state index contributed by atoms with van der Waals surface area (Å²) >= 11 is 0. The highest BCUT2D eigenvalue weighted by Gasteiger charge is 2.30. The van der Waals surface area contributed by atoms with Gasteiger partial charge in [-0.05, 0) is 23.3 Å². The zero-order valence-corrected chi connectivity index (χ0v) is 18.5. The Bertz CT molecular complexity index is 703. The molecule has 2 aromatic carbocycles. The maximum absolute atomic E-state index is 10.7. The van der Waals surface area contributed by atoms with Gasteiger partial charge in [-0.1, -0.05) is 63.2 Å². The van der Waals surface area contributed by atoms with Crippen LogP contribution in [0.3, 0.4) is 0 Å². The number of aliphatic hydroxyl groups excluding tert-OH is 2. The molecule has 0 unspecified atom stereocenters. The third-order valence-electron chi connectivity index (χ3n) is 5.54. The molecule has 2 N–H and O–H groups in total. The molecule has 0 bridgehead atoms. The minimum Gasteiger partial charge on any atom is -0.497 e. The third-order valence-corrected chi connectivity index (χ3v) is 5.54. The first-order chi connectivity index (χ1) is 14.4. The fourth-order valence-corrected chi connectivity index (χ4v) is 3.46. The Morgan fingerprint density at radius 1 is 0.700 bits per heavy atom. The molecule has 0 aliphatic rings. The molecule has 5 nitrogen and oxygen atoms in total. The van der Waals surface area contributed by atoms with Gasteiger partial charge in [-0.25, -0.2) is 0 Å². The number of ether oxygens (including phenoxy) is 3. The smallest absolute Gasteiger partial charge is 0.118 e. The van der Waals surface area contributed by atoms with E-state index < -0.39 is 12.2 Å². The summed E-state index contributed by atoms with van der Waals surface area (Å²) in [5, 5.41) is 21.3. The fourth-order valence-electron chi connectivity index (χ4n) is 3.46. The van der Waals surface area contributed by atoms with Crippen LogP contribution in [0.2, 0.25) is 0 Å². The average molecular weight is 417 g/mol. The normalized spacial score (nSPS) is 16.5. The van der Waals surface area contributed by atoms with Crippen molar-refractivity contribution in [1.82, 2.24) is 0 Å². The highest BCUT2D eigenvalue weighted by atomic mass is 16.5. The highest BCUT2D eigenvalue weighted by molar-refractivity contribution is 5.26. The lowest BCUT2D eigenvalue weighted by molar-refractivity contribution is -0.0628. The zero-order valence-electron chi connectivity index (χ0n) is 18.5. The Kier molecular flexibility index (Phi) is 10.3. The molecule has 2 aromatic rings. The molecule has 5 heteroatoms. The van der Waals surface area contributed by atoms with Crippen molar-refractivity contribution in [3.05, 3.63) is 65.7 Å². The summed E-state index contributed by atoms with van der Waals surface area (Å²) in [6, 6.07) is 17.7. The van der Waals surface area contributed by atoms with Gasteiger partial charge in [0.2, 0.25) is 0 Å². The molecule has 5 atom stereocenters. The van der Waals surface area contributed by atoms with E-state index >= 15 is 0 Å². The van der Waals surface area contributed by atoms with Crippen LogP contribution < -0.4 is 4.74 Å². The van der Waals surface area contributed by atoms with E-state index in [1.54, 1.807) is 7.11 Å². The molecule has 0 heterocycles. The van der Waals surface area contributed by atoms with Crippen molar-refractivity contribution < 1.29 is 24.4 Å². The SMILES string of the molecule is COc1ccc(COC[C@@H](C)[C@@H](O)[C@H](C)[C@@H](O)[C@H](C)COCc2ccccc2)cc1. The Morgan fingerprint density at radius 3 is 1.63 bits per heavy atom. The van der Waals surface area contributed by atoms with Gasteiger partial charge in [0.15, 0.2) is 0 Å². The van der Waals surface area contributed by atoms with E-state index in [9.17, 15) is 10.2 Å². The minimum absolute atomic E-state index is 0.0780. The second kappa shape index (κ2) is 12.7. The molecule has 0 aliphatic carbocycles. The van der Waals surface area contributed by atoms with Crippen molar-refractivity contribution in [1.29, 1.82) is 0 Å². The van der Waals surface area contributed by atoms with E-state index in [1.165, 1.54) is 0 Å². The molecule has 30 heavy (non-hydrogen) atoms. The molecule has 166 valence electrons. The quantitative estimate of drug-likeness (QED) is 0.515. The van der Waals surface area contributed by atoms with Crippen molar-refractivity contribution in [2.75, 3.05) is 20.3 Å². The average Bonchev–Trinajstić information content (AvgIpc) is 2.78. The van der Waals surface area contributed by atoms with Gasteiger partial charge in [0.25, 0.3) is 0 Å². The second-order valence-electron chi connectivity index (χ2n) is 8.16. The summed E-state index contributed by atoms with van der Waals surface area (Å²) in [6.07, 6.45) is -1.31. The molecule has 0 radical (unpaired) electrons. The van der Waals surface area contributed by atoms with Crippen molar-refractivity contribution in [2.24, 2.45) is 17.8 Å². The standard InChI is InChI=1S/C25H36O5/c1-18(14-29-16-21-8-6-5-7-9-21)24(26)20(3)25(27)19(2)15-30-17-22-10-12-23(28-4)13-11-22/h5-13,18-20,24-27H,14-17H2,1-4H3/t18-,19-,20-,24+,25-/m1/s1. The van der Waals surface area contributed by atoms with E-state index in [0.717, 1.165) is 16.9 Å². The lowest BCUT2D eigenvalue weighted by Crippen LogP contribution is -2.40. The monoisotopic (exact) mass is 416 g/mol. The Hall–Kier alpha value is -1.92. The van der Waals surface area contributed by atoms with Crippen LogP contribution in [0.4, 0.5) is 0 Å². The van der Waals surface area contributed by atoms with Gasteiger partial charge in [-0.15, -0.1) is 0 Å². The predicted octanol–water partition coefficient (Wildman–Crippen LogP) is 4.06. The molecule has 2 rings (SSSR count). The van der Waals surface area contributed by atoms with Crippen LogP contribution in [0, 0.1) is 17.8 Å². The molecule has 0 aromatic heterocycles. The first-order valence-electron chi connectivity index (χ1n) is 10.6. The molecule has 0 amide bonds. The Morgan fingerprint density at radius 2 is 1.17 bits per heavy atom. The first kappa shape index (κ1) is 24.4. The number of methoxy groups -OCH3 is 1. The topological polar surface area (TPSA) is 68.2 Å². The molecule has 0 fully saturated rings. The largest absolute Gasteiger partial charge is 0.497 e. The maximum Gasteiger partial charge on any atom is 0.118 e. The van der Waals surface area contributed by atoms with Gasteiger partial charge in [0.05, 0.1) is 45.7 Å². The number of hydrogen-bond donors (Lipinski definition) is 2. The number of hydrogen-bond acceptors (Lipinski definition) is 5. The number of rotatable bonds is 13. The van der Waals surface area contributed by atoms with Gasteiger partial charge >= 0.3 is 0 Å². The van der Waals surface area contributed by atoms with Gasteiger partial charge in [-0.3, -0.25) is 0 Å². The van der Waals surface area contributed by atoms with Crippen molar-refractivity contribution in [2.45, 2.75) is 46.2 Å². The summed E-state index contributed by atoms with van der Waals surface area (Å²) in [4.78, 5) is 0. The van der Waals surface area contributed by atoms with Crippen LogP contribution in [-0.2, 0) is 22.7 Å². The number of aliphatic hydroxyl groups is 2. The predicted molar refractivity (Wildman–Crippen MR) is 118 cm³/mol. The fraction of sp³-hybridized carbons (Fsp3) is 0.520. The van der Waals surface area contributed by atoms with Gasteiger partial charge in [-0.2, -0.15) is 0 Å². The van der Waals surface area contributed by atoms with Crippen LogP contribution in [0.5, 0.6) is 5.75 Å². The Labute approximate surface area is 180 Å². The van der Waals surface area contributed by atoms with Crippen molar-refractivity contribution >= 4 is 0 Å². The summed E-state index contributed by atoms with van der Waals surface area (Å²) < 4.78 is 16.7. The third kappa shape index (κ3) is 7.73. The first-order valence-corrected chi connectivity index (χ1v) is 10.6. The molecule has 0 spiro atoms. The molecular weight excluding hydrogens is 380 g/mol. The maximum atomic E-state index is 10.7. The van der Waals surface area contributed by atoms with Crippen LogP contribution in [-0.4, -0.2) is 42.7 Å². The van der Waals surface area contributed by atoms with E-state index in [0.29, 0.717) is 26.4 Å². The second-order valence-corrected chi connectivity index (χ2v) is 8.16. The van der Waals surface area contributed by atoms with E-state index in [4.69, 9.17) is 14.2 Å². The van der Waals surface area contributed by atoms with Crippen molar-refractivity contribution in [3.8, 4) is 5.75 Å². The Balaban J connectivity index is 1.71. The minimum atomic E-state index is -0.660. The van der Waals surface area contributed by atoms with Gasteiger partial charge in [0.1, 0.15) is 5.75 Å². The van der Waals surface area contributed by atoms with Gasteiger partial charge in [0, 0.05) is 17.8 Å².